The normalized spacial score (nSPS) is 26.9. The van der Waals surface area contributed by atoms with Gasteiger partial charge in [0.15, 0.2) is 0 Å². The van der Waals surface area contributed by atoms with Crippen LogP contribution in [0.25, 0.3) is 0 Å². The molecule has 7 nitrogen and oxygen atoms in total. The number of benzene rings is 1. The van der Waals surface area contributed by atoms with Gasteiger partial charge in [0.25, 0.3) is 5.91 Å². The molecule has 7 heteroatoms. The minimum absolute atomic E-state index is 0.0288. The minimum Gasteiger partial charge on any atom is -0.481 e. The maximum absolute atomic E-state index is 12.6. The Bertz CT molecular complexity index is 757. The standard InChI is InChI=1S/C20H25N3O4/c24-17(22-10-1-2-11-22)14-5-7-16(8-6-14)21-19(27)23-12-15-4-3-9-20(15,13-23)18(25)26/h5-8,15H,1-4,9-13H2,(H,21,27)(H,25,26)/t15-,20+/m0/s1. The van der Waals surface area contributed by atoms with Crippen LogP contribution in [-0.2, 0) is 4.79 Å². The molecule has 0 unspecified atom stereocenters. The molecular weight excluding hydrogens is 346 g/mol. The summed E-state index contributed by atoms with van der Waals surface area (Å²) in [4.78, 5) is 40.2. The lowest BCUT2D eigenvalue weighted by Gasteiger charge is -2.23. The molecular formula is C20H25N3O4. The molecule has 1 aromatic carbocycles. The van der Waals surface area contributed by atoms with Crippen LogP contribution in [0.5, 0.6) is 0 Å². The fraction of sp³-hybridized carbons (Fsp3) is 0.550. The molecule has 2 saturated heterocycles. The zero-order valence-electron chi connectivity index (χ0n) is 15.3. The molecule has 2 N–H and O–H groups in total. The second-order valence-electron chi connectivity index (χ2n) is 7.94. The first-order valence-corrected chi connectivity index (χ1v) is 9.68. The Morgan fingerprint density at radius 2 is 1.74 bits per heavy atom. The lowest BCUT2D eigenvalue weighted by molar-refractivity contribution is -0.149. The summed E-state index contributed by atoms with van der Waals surface area (Å²) in [7, 11) is 0. The lowest BCUT2D eigenvalue weighted by atomic mass is 9.81. The van der Waals surface area contributed by atoms with Crippen molar-refractivity contribution in [3.8, 4) is 0 Å². The van der Waals surface area contributed by atoms with Crippen molar-refractivity contribution >= 4 is 23.6 Å². The quantitative estimate of drug-likeness (QED) is 0.855. The zero-order valence-corrected chi connectivity index (χ0v) is 15.3. The number of nitrogens with one attached hydrogen (secondary N) is 1. The van der Waals surface area contributed by atoms with E-state index in [1.807, 2.05) is 4.90 Å². The highest BCUT2D eigenvalue weighted by Gasteiger charge is 2.55. The number of anilines is 1. The number of carboxylic acids is 1. The Morgan fingerprint density at radius 1 is 1.04 bits per heavy atom. The van der Waals surface area contributed by atoms with Gasteiger partial charge in [-0.05, 0) is 55.9 Å². The number of aliphatic carboxylic acids is 1. The van der Waals surface area contributed by atoms with Crippen molar-refractivity contribution < 1.29 is 19.5 Å². The first kappa shape index (κ1) is 17.8. The number of rotatable bonds is 3. The van der Waals surface area contributed by atoms with Crippen LogP contribution < -0.4 is 5.32 Å². The highest BCUT2D eigenvalue weighted by atomic mass is 16.4. The fourth-order valence-electron chi connectivity index (χ4n) is 4.80. The van der Waals surface area contributed by atoms with Gasteiger partial charge in [-0.25, -0.2) is 4.79 Å². The Labute approximate surface area is 158 Å². The van der Waals surface area contributed by atoms with Gasteiger partial charge in [0, 0.05) is 37.4 Å². The van der Waals surface area contributed by atoms with Crippen molar-refractivity contribution in [2.45, 2.75) is 32.1 Å². The molecule has 3 aliphatic rings. The molecule has 27 heavy (non-hydrogen) atoms. The number of carbonyl (C=O) groups excluding carboxylic acids is 2. The van der Waals surface area contributed by atoms with Crippen LogP contribution in [0.15, 0.2) is 24.3 Å². The van der Waals surface area contributed by atoms with Crippen LogP contribution >= 0.6 is 0 Å². The second-order valence-corrected chi connectivity index (χ2v) is 7.94. The zero-order chi connectivity index (χ0) is 19.0. The number of carbonyl (C=O) groups is 3. The van der Waals surface area contributed by atoms with E-state index < -0.39 is 11.4 Å². The summed E-state index contributed by atoms with van der Waals surface area (Å²) in [5, 5.41) is 12.5. The number of likely N-dealkylation sites (tertiary alicyclic amines) is 2. The topological polar surface area (TPSA) is 90.0 Å². The summed E-state index contributed by atoms with van der Waals surface area (Å²) in [6.07, 6.45) is 4.52. The van der Waals surface area contributed by atoms with Crippen LogP contribution in [0, 0.1) is 11.3 Å². The average molecular weight is 371 g/mol. The van der Waals surface area contributed by atoms with E-state index in [-0.39, 0.29) is 24.4 Å². The van der Waals surface area contributed by atoms with Crippen LogP contribution in [0.4, 0.5) is 10.5 Å². The molecule has 2 atom stereocenters. The molecule has 4 rings (SSSR count). The van der Waals surface area contributed by atoms with Crippen LogP contribution in [0.2, 0.25) is 0 Å². The van der Waals surface area contributed by atoms with Crippen molar-refractivity contribution in [1.82, 2.24) is 9.80 Å². The number of carboxylic acid groups (broad SMARTS) is 1. The van der Waals surface area contributed by atoms with Crippen molar-refractivity contribution in [2.75, 3.05) is 31.5 Å². The Kier molecular flexibility index (Phi) is 4.53. The van der Waals surface area contributed by atoms with E-state index in [0.717, 1.165) is 38.8 Å². The van der Waals surface area contributed by atoms with E-state index in [2.05, 4.69) is 5.32 Å². The molecule has 2 heterocycles. The summed E-state index contributed by atoms with van der Waals surface area (Å²) in [6, 6.07) is 6.64. The molecule has 3 amide bonds. The van der Waals surface area contributed by atoms with E-state index in [9.17, 15) is 19.5 Å². The molecule has 3 fully saturated rings. The fourth-order valence-corrected chi connectivity index (χ4v) is 4.80. The molecule has 144 valence electrons. The van der Waals surface area contributed by atoms with E-state index in [0.29, 0.717) is 24.2 Å². The van der Waals surface area contributed by atoms with Gasteiger partial charge in [-0.2, -0.15) is 0 Å². The smallest absolute Gasteiger partial charge is 0.321 e. The molecule has 0 radical (unpaired) electrons. The maximum Gasteiger partial charge on any atom is 0.321 e. The number of urea groups is 1. The molecule has 1 saturated carbocycles. The molecule has 0 aromatic heterocycles. The summed E-state index contributed by atoms with van der Waals surface area (Å²) in [5.74, 6) is -0.715. The predicted octanol–water partition coefficient (Wildman–Crippen LogP) is 2.64. The van der Waals surface area contributed by atoms with Crippen molar-refractivity contribution in [2.24, 2.45) is 11.3 Å². The van der Waals surface area contributed by atoms with Crippen molar-refractivity contribution in [3.05, 3.63) is 29.8 Å². The Hall–Kier alpha value is -2.57. The van der Waals surface area contributed by atoms with Gasteiger partial charge in [-0.15, -0.1) is 0 Å². The van der Waals surface area contributed by atoms with Gasteiger partial charge in [0.1, 0.15) is 0 Å². The summed E-state index contributed by atoms with van der Waals surface area (Å²) in [5.41, 5.74) is 0.457. The third kappa shape index (κ3) is 3.15. The molecule has 0 bridgehead atoms. The second kappa shape index (κ2) is 6.87. The molecule has 0 spiro atoms. The molecule has 1 aromatic rings. The monoisotopic (exact) mass is 371 g/mol. The predicted molar refractivity (Wildman–Crippen MR) is 99.6 cm³/mol. The highest BCUT2D eigenvalue weighted by molar-refractivity contribution is 5.96. The lowest BCUT2D eigenvalue weighted by Crippen LogP contribution is -2.38. The molecule has 2 aliphatic heterocycles. The first-order chi connectivity index (χ1) is 13.0. The van der Waals surface area contributed by atoms with Gasteiger partial charge in [0.2, 0.25) is 0 Å². The number of nitrogens with zero attached hydrogens (tertiary/aromatic N) is 2. The van der Waals surface area contributed by atoms with Gasteiger partial charge >= 0.3 is 12.0 Å². The molecule has 1 aliphatic carbocycles. The van der Waals surface area contributed by atoms with Crippen molar-refractivity contribution in [1.29, 1.82) is 0 Å². The third-order valence-electron chi connectivity index (χ3n) is 6.36. The van der Waals surface area contributed by atoms with E-state index >= 15 is 0 Å². The first-order valence-electron chi connectivity index (χ1n) is 9.68. The number of fused-ring (bicyclic) bond motifs is 1. The number of amides is 3. The highest BCUT2D eigenvalue weighted by Crippen LogP contribution is 2.48. The van der Waals surface area contributed by atoms with E-state index in [1.54, 1.807) is 29.2 Å². The Morgan fingerprint density at radius 3 is 2.37 bits per heavy atom. The SMILES string of the molecule is O=C(Nc1ccc(C(=O)N2CCCC2)cc1)N1C[C@@H]2CCC[C@@]2(C(=O)O)C1. The number of hydrogen-bond donors (Lipinski definition) is 2. The van der Waals surface area contributed by atoms with Crippen LogP contribution in [-0.4, -0.2) is 59.0 Å². The van der Waals surface area contributed by atoms with Crippen LogP contribution in [0.3, 0.4) is 0 Å². The number of hydrogen-bond acceptors (Lipinski definition) is 3. The third-order valence-corrected chi connectivity index (χ3v) is 6.36. The maximum atomic E-state index is 12.6. The summed E-state index contributed by atoms with van der Waals surface area (Å²) < 4.78 is 0. The average Bonchev–Trinajstić information content (AvgIpc) is 3.37. The van der Waals surface area contributed by atoms with E-state index in [4.69, 9.17) is 0 Å². The van der Waals surface area contributed by atoms with Crippen molar-refractivity contribution in [3.63, 3.8) is 0 Å². The summed E-state index contributed by atoms with van der Waals surface area (Å²) in [6.45, 7) is 2.37. The summed E-state index contributed by atoms with van der Waals surface area (Å²) >= 11 is 0. The van der Waals surface area contributed by atoms with Gasteiger partial charge in [-0.3, -0.25) is 9.59 Å². The van der Waals surface area contributed by atoms with Gasteiger partial charge in [-0.1, -0.05) is 6.42 Å². The minimum atomic E-state index is -0.787. The largest absolute Gasteiger partial charge is 0.481 e. The van der Waals surface area contributed by atoms with E-state index in [1.165, 1.54) is 0 Å². The van der Waals surface area contributed by atoms with Gasteiger partial charge < -0.3 is 20.2 Å². The van der Waals surface area contributed by atoms with Gasteiger partial charge in [0.05, 0.1) is 5.41 Å². The Balaban J connectivity index is 1.39. The van der Waals surface area contributed by atoms with Crippen LogP contribution in [0.1, 0.15) is 42.5 Å².